The highest BCUT2D eigenvalue weighted by atomic mass is 16.1. The molecule has 1 aromatic heterocycles. The van der Waals surface area contributed by atoms with E-state index in [1.54, 1.807) is 0 Å². The molecule has 0 bridgehead atoms. The molecule has 0 saturated heterocycles. The second kappa shape index (κ2) is 5.54. The monoisotopic (exact) mass is 305 g/mol. The normalized spacial score (nSPS) is 14.1. The van der Waals surface area contributed by atoms with Crippen molar-refractivity contribution in [1.82, 2.24) is 15.1 Å². The van der Waals surface area contributed by atoms with Gasteiger partial charge in [-0.25, -0.2) is 0 Å². The van der Waals surface area contributed by atoms with Gasteiger partial charge in [-0.15, -0.1) is 0 Å². The fraction of sp³-hybridized carbons (Fsp3) is 0.263. The molecular weight excluding hydrogens is 286 g/mol. The number of hydrogen-bond acceptors (Lipinski definition) is 2. The van der Waals surface area contributed by atoms with Gasteiger partial charge in [0.2, 0.25) is 0 Å². The Morgan fingerprint density at radius 2 is 2.00 bits per heavy atom. The molecular formula is C19H19N3O. The Hall–Kier alpha value is -2.62. The standard InChI is InChI=1S/C19H19N3O/c1-13-2-4-14(5-3-13)12-22-18-10-15(6-7-16(18)11-20-22)19(23)21-17-8-9-17/h2-7,10-11,17H,8-9,12H2,1H3,(H,21,23). The van der Waals surface area contributed by atoms with Crippen molar-refractivity contribution < 1.29 is 4.79 Å². The molecule has 0 spiro atoms. The predicted molar refractivity (Wildman–Crippen MR) is 90.5 cm³/mol. The summed E-state index contributed by atoms with van der Waals surface area (Å²) in [7, 11) is 0. The molecule has 4 rings (SSSR count). The van der Waals surface area contributed by atoms with Gasteiger partial charge in [-0.1, -0.05) is 35.9 Å². The van der Waals surface area contributed by atoms with E-state index in [1.165, 1.54) is 11.1 Å². The molecule has 4 heteroatoms. The first kappa shape index (κ1) is 14.0. The summed E-state index contributed by atoms with van der Waals surface area (Å²) >= 11 is 0. The lowest BCUT2D eigenvalue weighted by Crippen LogP contribution is -2.25. The molecule has 1 heterocycles. The van der Waals surface area contributed by atoms with Crippen molar-refractivity contribution in [3.8, 4) is 0 Å². The Bertz CT molecular complexity index is 860. The van der Waals surface area contributed by atoms with Crippen molar-refractivity contribution in [2.45, 2.75) is 32.4 Å². The van der Waals surface area contributed by atoms with E-state index in [9.17, 15) is 4.79 Å². The van der Waals surface area contributed by atoms with Gasteiger partial charge in [0.15, 0.2) is 0 Å². The summed E-state index contributed by atoms with van der Waals surface area (Å²) in [5.41, 5.74) is 4.15. The lowest BCUT2D eigenvalue weighted by Gasteiger charge is -2.07. The minimum absolute atomic E-state index is 0.0116. The van der Waals surface area contributed by atoms with E-state index < -0.39 is 0 Å². The molecule has 4 nitrogen and oxygen atoms in total. The van der Waals surface area contributed by atoms with Crippen molar-refractivity contribution in [3.05, 3.63) is 65.4 Å². The number of carbonyl (C=O) groups is 1. The van der Waals surface area contributed by atoms with Crippen LogP contribution in [0.25, 0.3) is 10.9 Å². The number of rotatable bonds is 4. The zero-order valence-corrected chi connectivity index (χ0v) is 13.1. The third-order valence-electron chi connectivity index (χ3n) is 4.27. The van der Waals surface area contributed by atoms with Gasteiger partial charge < -0.3 is 5.32 Å². The first-order chi connectivity index (χ1) is 11.2. The molecule has 1 aliphatic rings. The molecule has 1 saturated carbocycles. The van der Waals surface area contributed by atoms with Crippen LogP contribution in [0.2, 0.25) is 0 Å². The third kappa shape index (κ3) is 2.97. The second-order valence-corrected chi connectivity index (χ2v) is 6.31. The van der Waals surface area contributed by atoms with Crippen LogP contribution in [0.1, 0.15) is 34.3 Å². The van der Waals surface area contributed by atoms with Gasteiger partial charge in [0.25, 0.3) is 5.91 Å². The zero-order valence-electron chi connectivity index (χ0n) is 13.1. The minimum Gasteiger partial charge on any atom is -0.349 e. The van der Waals surface area contributed by atoms with Crippen LogP contribution in [0.5, 0.6) is 0 Å². The molecule has 1 N–H and O–H groups in total. The van der Waals surface area contributed by atoms with E-state index in [1.807, 2.05) is 29.1 Å². The molecule has 1 fully saturated rings. The number of fused-ring (bicyclic) bond motifs is 1. The number of aryl methyl sites for hydroxylation is 1. The van der Waals surface area contributed by atoms with Crippen molar-refractivity contribution in [2.24, 2.45) is 0 Å². The van der Waals surface area contributed by atoms with Crippen LogP contribution < -0.4 is 5.32 Å². The van der Waals surface area contributed by atoms with Gasteiger partial charge in [0.05, 0.1) is 18.3 Å². The highest BCUT2D eigenvalue weighted by molar-refractivity contribution is 5.98. The van der Waals surface area contributed by atoms with Crippen LogP contribution in [0.15, 0.2) is 48.7 Å². The van der Waals surface area contributed by atoms with Crippen molar-refractivity contribution in [1.29, 1.82) is 0 Å². The lowest BCUT2D eigenvalue weighted by atomic mass is 10.1. The van der Waals surface area contributed by atoms with Gasteiger partial charge in [0, 0.05) is 17.0 Å². The molecule has 0 atom stereocenters. The Morgan fingerprint density at radius 3 is 2.74 bits per heavy atom. The van der Waals surface area contributed by atoms with E-state index >= 15 is 0 Å². The van der Waals surface area contributed by atoms with Crippen LogP contribution in [-0.4, -0.2) is 21.7 Å². The molecule has 3 aromatic rings. The van der Waals surface area contributed by atoms with Gasteiger partial charge >= 0.3 is 0 Å². The van der Waals surface area contributed by atoms with Crippen molar-refractivity contribution >= 4 is 16.8 Å². The largest absolute Gasteiger partial charge is 0.349 e. The van der Waals surface area contributed by atoms with E-state index in [0.29, 0.717) is 18.2 Å². The van der Waals surface area contributed by atoms with Crippen LogP contribution in [0.3, 0.4) is 0 Å². The molecule has 1 aliphatic carbocycles. The van der Waals surface area contributed by atoms with Gasteiger partial charge in [-0.3, -0.25) is 9.48 Å². The fourth-order valence-electron chi connectivity index (χ4n) is 2.70. The number of amides is 1. The van der Waals surface area contributed by atoms with E-state index in [-0.39, 0.29) is 5.91 Å². The molecule has 0 aliphatic heterocycles. The summed E-state index contributed by atoms with van der Waals surface area (Å²) in [5, 5.41) is 8.56. The minimum atomic E-state index is 0.0116. The number of benzene rings is 2. The molecule has 2 aromatic carbocycles. The van der Waals surface area contributed by atoms with E-state index in [4.69, 9.17) is 0 Å². The Morgan fingerprint density at radius 1 is 1.22 bits per heavy atom. The maximum atomic E-state index is 12.2. The van der Waals surface area contributed by atoms with Crippen LogP contribution >= 0.6 is 0 Å². The van der Waals surface area contributed by atoms with Crippen LogP contribution in [0, 0.1) is 6.92 Å². The number of carbonyl (C=O) groups excluding carboxylic acids is 1. The summed E-state index contributed by atoms with van der Waals surface area (Å²) in [6.07, 6.45) is 4.05. The lowest BCUT2D eigenvalue weighted by molar-refractivity contribution is 0.0951. The fourth-order valence-corrected chi connectivity index (χ4v) is 2.70. The Kier molecular flexibility index (Phi) is 3.37. The number of hydrogen-bond donors (Lipinski definition) is 1. The predicted octanol–water partition coefficient (Wildman–Crippen LogP) is 3.29. The average Bonchev–Trinajstić information content (AvgIpc) is 3.29. The summed E-state index contributed by atoms with van der Waals surface area (Å²) in [5.74, 6) is 0.0116. The second-order valence-electron chi connectivity index (χ2n) is 6.31. The molecule has 116 valence electrons. The quantitative estimate of drug-likeness (QED) is 0.804. The average molecular weight is 305 g/mol. The summed E-state index contributed by atoms with van der Waals surface area (Å²) in [4.78, 5) is 12.2. The summed E-state index contributed by atoms with van der Waals surface area (Å²) in [6, 6.07) is 14.6. The van der Waals surface area contributed by atoms with Gasteiger partial charge in [-0.2, -0.15) is 5.10 Å². The molecule has 0 radical (unpaired) electrons. The summed E-state index contributed by atoms with van der Waals surface area (Å²) < 4.78 is 1.95. The van der Waals surface area contributed by atoms with E-state index in [0.717, 1.165) is 23.7 Å². The number of nitrogens with one attached hydrogen (secondary N) is 1. The van der Waals surface area contributed by atoms with E-state index in [2.05, 4.69) is 41.6 Å². The van der Waals surface area contributed by atoms with Crippen LogP contribution in [-0.2, 0) is 6.54 Å². The first-order valence-electron chi connectivity index (χ1n) is 8.01. The highest BCUT2D eigenvalue weighted by Gasteiger charge is 2.24. The Balaban J connectivity index is 1.63. The third-order valence-corrected chi connectivity index (χ3v) is 4.27. The van der Waals surface area contributed by atoms with Crippen molar-refractivity contribution in [3.63, 3.8) is 0 Å². The highest BCUT2D eigenvalue weighted by Crippen LogP contribution is 2.21. The first-order valence-corrected chi connectivity index (χ1v) is 8.01. The number of nitrogens with zero attached hydrogens (tertiary/aromatic N) is 2. The molecule has 1 amide bonds. The van der Waals surface area contributed by atoms with Gasteiger partial charge in [-0.05, 0) is 37.5 Å². The van der Waals surface area contributed by atoms with Crippen molar-refractivity contribution in [2.75, 3.05) is 0 Å². The molecule has 0 unspecified atom stereocenters. The molecule has 23 heavy (non-hydrogen) atoms. The maximum Gasteiger partial charge on any atom is 0.251 e. The number of aromatic nitrogens is 2. The zero-order chi connectivity index (χ0) is 15.8. The van der Waals surface area contributed by atoms with Crippen LogP contribution in [0.4, 0.5) is 0 Å². The smallest absolute Gasteiger partial charge is 0.251 e. The topological polar surface area (TPSA) is 46.9 Å². The SMILES string of the molecule is Cc1ccc(Cn2ncc3ccc(C(=O)NC4CC4)cc32)cc1. The van der Waals surface area contributed by atoms with Gasteiger partial charge in [0.1, 0.15) is 0 Å². The Labute approximate surface area is 135 Å². The summed E-state index contributed by atoms with van der Waals surface area (Å²) in [6.45, 7) is 2.79. The maximum absolute atomic E-state index is 12.2.